The lowest BCUT2D eigenvalue weighted by molar-refractivity contribution is -0.385. The number of hydrogen-bond acceptors (Lipinski definition) is 5. The minimum absolute atomic E-state index is 0.0184. The van der Waals surface area contributed by atoms with E-state index in [0.717, 1.165) is 5.56 Å². The summed E-state index contributed by atoms with van der Waals surface area (Å²) in [5.74, 6) is -0.0338. The van der Waals surface area contributed by atoms with Crippen molar-refractivity contribution >= 4 is 11.5 Å². The highest BCUT2D eigenvalue weighted by Crippen LogP contribution is 2.43. The zero-order valence-corrected chi connectivity index (χ0v) is 10.0. The number of nitrogens with two attached hydrogens (primary N) is 1. The number of rotatable bonds is 4. The highest BCUT2D eigenvalue weighted by Gasteiger charge is 2.36. The fourth-order valence-corrected chi connectivity index (χ4v) is 2.53. The van der Waals surface area contributed by atoms with Gasteiger partial charge in [0.1, 0.15) is 5.75 Å². The third-order valence-electron chi connectivity index (χ3n) is 3.33. The van der Waals surface area contributed by atoms with Crippen LogP contribution >= 0.6 is 0 Å². The average Bonchev–Trinajstić information content (AvgIpc) is 2.81. The fourth-order valence-electron chi connectivity index (χ4n) is 2.53. The Morgan fingerprint density at radius 2 is 2.33 bits per heavy atom. The van der Waals surface area contributed by atoms with Crippen molar-refractivity contribution in [3.05, 3.63) is 33.4 Å². The van der Waals surface area contributed by atoms with E-state index in [1.54, 1.807) is 6.07 Å². The summed E-state index contributed by atoms with van der Waals surface area (Å²) < 4.78 is 5.19. The molecule has 1 atom stereocenters. The molecule has 0 saturated carbocycles. The Balaban J connectivity index is 2.59. The Labute approximate surface area is 104 Å². The van der Waals surface area contributed by atoms with Gasteiger partial charge in [-0.05, 0) is 18.9 Å². The van der Waals surface area contributed by atoms with E-state index in [4.69, 9.17) is 10.5 Å². The van der Waals surface area contributed by atoms with Crippen LogP contribution in [0.4, 0.5) is 5.69 Å². The molecule has 0 fully saturated rings. The lowest BCUT2D eigenvalue weighted by Gasteiger charge is -2.11. The molecule has 2 rings (SSSR count). The van der Waals surface area contributed by atoms with Crippen molar-refractivity contribution < 1.29 is 14.5 Å². The normalized spacial score (nSPS) is 17.3. The number of nitrogens with zero attached hydrogens (tertiary/aromatic N) is 1. The number of methoxy groups -OCH3 is 1. The van der Waals surface area contributed by atoms with Gasteiger partial charge in [0.05, 0.1) is 24.5 Å². The molecular weight excluding hydrogens is 236 g/mol. The van der Waals surface area contributed by atoms with Crippen LogP contribution in [0.2, 0.25) is 0 Å². The van der Waals surface area contributed by atoms with E-state index < -0.39 is 10.8 Å². The van der Waals surface area contributed by atoms with Crippen LogP contribution < -0.4 is 10.5 Å². The number of benzene rings is 1. The first-order valence-electron chi connectivity index (χ1n) is 5.67. The molecule has 1 aliphatic carbocycles. The Morgan fingerprint density at radius 1 is 1.61 bits per heavy atom. The summed E-state index contributed by atoms with van der Waals surface area (Å²) in [6, 6.07) is 2.96. The molecule has 1 aliphatic rings. The maximum absolute atomic E-state index is 11.8. The Hall–Kier alpha value is -1.95. The molecule has 6 nitrogen and oxygen atoms in total. The lowest BCUT2D eigenvalue weighted by Crippen LogP contribution is -2.20. The van der Waals surface area contributed by atoms with E-state index in [0.29, 0.717) is 24.2 Å². The summed E-state index contributed by atoms with van der Waals surface area (Å²) in [5, 5.41) is 11.0. The van der Waals surface area contributed by atoms with Gasteiger partial charge in [-0.15, -0.1) is 0 Å². The SMILES string of the molecule is COc1ccc([N+](=O)[O-])c2c1CCC2C(=O)CN. The second-order valence-electron chi connectivity index (χ2n) is 4.20. The molecule has 2 N–H and O–H groups in total. The third-order valence-corrected chi connectivity index (χ3v) is 3.33. The van der Waals surface area contributed by atoms with Crippen LogP contribution in [0.3, 0.4) is 0 Å². The van der Waals surface area contributed by atoms with E-state index in [1.165, 1.54) is 13.2 Å². The Kier molecular flexibility index (Phi) is 3.29. The number of carbonyl (C=O) groups excluding carboxylic acids is 1. The number of ketones is 1. The number of nitro groups is 1. The van der Waals surface area contributed by atoms with Gasteiger partial charge in [-0.3, -0.25) is 14.9 Å². The van der Waals surface area contributed by atoms with E-state index in [2.05, 4.69) is 0 Å². The maximum Gasteiger partial charge on any atom is 0.273 e. The van der Waals surface area contributed by atoms with Crippen molar-refractivity contribution in [2.24, 2.45) is 5.73 Å². The minimum Gasteiger partial charge on any atom is -0.496 e. The zero-order valence-electron chi connectivity index (χ0n) is 10.0. The average molecular weight is 250 g/mol. The molecule has 1 aromatic rings. The summed E-state index contributed by atoms with van der Waals surface area (Å²) in [6.45, 7) is -0.0987. The van der Waals surface area contributed by atoms with Gasteiger partial charge < -0.3 is 10.5 Å². The highest BCUT2D eigenvalue weighted by atomic mass is 16.6. The molecule has 96 valence electrons. The molecule has 1 aromatic carbocycles. The molecule has 0 aliphatic heterocycles. The first-order chi connectivity index (χ1) is 8.60. The fraction of sp³-hybridized carbons (Fsp3) is 0.417. The van der Waals surface area contributed by atoms with Gasteiger partial charge in [0.25, 0.3) is 5.69 Å². The van der Waals surface area contributed by atoms with Crippen LogP contribution in [0.25, 0.3) is 0 Å². The second kappa shape index (κ2) is 4.73. The summed E-state index contributed by atoms with van der Waals surface area (Å²) in [7, 11) is 1.51. The molecule has 0 saturated heterocycles. The van der Waals surface area contributed by atoms with Gasteiger partial charge >= 0.3 is 0 Å². The highest BCUT2D eigenvalue weighted by molar-refractivity contribution is 5.90. The number of carbonyl (C=O) groups is 1. The van der Waals surface area contributed by atoms with E-state index in [1.807, 2.05) is 0 Å². The summed E-state index contributed by atoms with van der Waals surface area (Å²) in [5.41, 5.74) is 6.58. The van der Waals surface area contributed by atoms with Gasteiger partial charge in [0.2, 0.25) is 0 Å². The molecular formula is C12H14N2O4. The van der Waals surface area contributed by atoms with Crippen molar-refractivity contribution in [2.75, 3.05) is 13.7 Å². The van der Waals surface area contributed by atoms with Crippen LogP contribution in [0, 0.1) is 10.1 Å². The Morgan fingerprint density at radius 3 is 2.89 bits per heavy atom. The number of nitro benzene ring substituents is 1. The molecule has 0 amide bonds. The quantitative estimate of drug-likeness (QED) is 0.639. The van der Waals surface area contributed by atoms with E-state index >= 15 is 0 Å². The van der Waals surface area contributed by atoms with Crippen LogP contribution in [-0.2, 0) is 11.2 Å². The maximum atomic E-state index is 11.8. The first kappa shape index (κ1) is 12.5. The standard InChI is InChI=1S/C12H14N2O4/c1-18-11-5-4-9(14(16)17)12-7(10(15)6-13)2-3-8(11)12/h4-5,7H,2-3,6,13H2,1H3. The van der Waals surface area contributed by atoms with Crippen molar-refractivity contribution in [1.82, 2.24) is 0 Å². The van der Waals surface area contributed by atoms with Crippen molar-refractivity contribution in [3.63, 3.8) is 0 Å². The van der Waals surface area contributed by atoms with E-state index in [-0.39, 0.29) is 18.0 Å². The van der Waals surface area contributed by atoms with Gasteiger partial charge in [-0.25, -0.2) is 0 Å². The van der Waals surface area contributed by atoms with Crippen molar-refractivity contribution in [2.45, 2.75) is 18.8 Å². The molecule has 1 unspecified atom stereocenters. The lowest BCUT2D eigenvalue weighted by atomic mass is 9.95. The van der Waals surface area contributed by atoms with Crippen LogP contribution in [-0.4, -0.2) is 24.4 Å². The molecule has 6 heteroatoms. The first-order valence-corrected chi connectivity index (χ1v) is 5.67. The smallest absolute Gasteiger partial charge is 0.273 e. The van der Waals surface area contributed by atoms with E-state index in [9.17, 15) is 14.9 Å². The molecule has 0 spiro atoms. The molecule has 18 heavy (non-hydrogen) atoms. The molecule has 0 heterocycles. The predicted molar refractivity (Wildman–Crippen MR) is 64.8 cm³/mol. The summed E-state index contributed by atoms with van der Waals surface area (Å²) in [6.07, 6.45) is 1.17. The van der Waals surface area contributed by atoms with Gasteiger partial charge in [0.15, 0.2) is 5.78 Å². The number of hydrogen-bond donors (Lipinski definition) is 1. The Bertz CT molecular complexity index is 513. The number of ether oxygens (including phenoxy) is 1. The molecule has 0 aromatic heterocycles. The third kappa shape index (κ3) is 1.84. The monoisotopic (exact) mass is 250 g/mol. The van der Waals surface area contributed by atoms with Crippen LogP contribution in [0.15, 0.2) is 12.1 Å². The van der Waals surface area contributed by atoms with Crippen molar-refractivity contribution in [1.29, 1.82) is 0 Å². The number of fused-ring (bicyclic) bond motifs is 1. The van der Waals surface area contributed by atoms with Gasteiger partial charge in [-0.1, -0.05) is 0 Å². The molecule has 0 bridgehead atoms. The second-order valence-corrected chi connectivity index (χ2v) is 4.20. The van der Waals surface area contributed by atoms with Crippen LogP contribution in [0.1, 0.15) is 23.5 Å². The predicted octanol–water partition coefficient (Wildman–Crippen LogP) is 1.16. The number of Topliss-reactive ketones (excluding diaryl/α,β-unsaturated/α-hetero) is 1. The molecule has 0 radical (unpaired) electrons. The van der Waals surface area contributed by atoms with Gasteiger partial charge in [-0.2, -0.15) is 0 Å². The minimum atomic E-state index is -0.472. The zero-order chi connectivity index (χ0) is 13.3. The topological polar surface area (TPSA) is 95.5 Å². The summed E-state index contributed by atoms with van der Waals surface area (Å²) >= 11 is 0. The summed E-state index contributed by atoms with van der Waals surface area (Å²) in [4.78, 5) is 22.3. The van der Waals surface area contributed by atoms with Crippen molar-refractivity contribution in [3.8, 4) is 5.75 Å². The van der Waals surface area contributed by atoms with Crippen LogP contribution in [0.5, 0.6) is 5.75 Å². The largest absolute Gasteiger partial charge is 0.496 e. The van der Waals surface area contributed by atoms with Gasteiger partial charge in [0, 0.05) is 17.2 Å².